The number of nitrogens with zero attached hydrogens (tertiary/aromatic N) is 4. The average Bonchev–Trinajstić information content (AvgIpc) is 3.04. The third-order valence-corrected chi connectivity index (χ3v) is 4.83. The van der Waals surface area contributed by atoms with E-state index in [9.17, 15) is 18.0 Å². The van der Waals surface area contributed by atoms with Crippen LogP contribution < -0.4 is 4.90 Å². The number of amides is 1. The van der Waals surface area contributed by atoms with Crippen LogP contribution in [0.2, 0.25) is 5.02 Å². The predicted molar refractivity (Wildman–Crippen MR) is 104 cm³/mol. The van der Waals surface area contributed by atoms with Crippen molar-refractivity contribution >= 4 is 34.2 Å². The Balaban J connectivity index is 2.02. The fourth-order valence-corrected chi connectivity index (χ4v) is 3.15. The van der Waals surface area contributed by atoms with Crippen LogP contribution in [0.3, 0.4) is 0 Å². The first-order valence-electron chi connectivity index (χ1n) is 8.68. The van der Waals surface area contributed by atoms with Crippen LogP contribution in [0.1, 0.15) is 17.8 Å². The Bertz CT molecular complexity index is 1100. The molecular formula is C20H16ClF3N4O. The maximum Gasteiger partial charge on any atom is 0.449 e. The van der Waals surface area contributed by atoms with Gasteiger partial charge in [-0.25, -0.2) is 4.98 Å². The standard InChI is InChI=1S/C20H16ClF3N4O/c1-13-11-14(7-8-15(13)21)27(10-4-9-25)18(29)12-28-17-6-3-2-5-16(17)26-19(28)20(22,23)24/h2-3,5-8,11H,4,10,12H2,1H3. The van der Waals surface area contributed by atoms with Gasteiger partial charge in [-0.05, 0) is 42.8 Å². The molecule has 3 rings (SSSR count). The van der Waals surface area contributed by atoms with Gasteiger partial charge < -0.3 is 9.47 Å². The number of imidazole rings is 1. The molecule has 0 aliphatic carbocycles. The number of anilines is 1. The van der Waals surface area contributed by atoms with Crippen LogP contribution in [0.25, 0.3) is 11.0 Å². The minimum atomic E-state index is -4.71. The summed E-state index contributed by atoms with van der Waals surface area (Å²) in [4.78, 5) is 18.0. The van der Waals surface area contributed by atoms with E-state index in [1.807, 2.05) is 6.07 Å². The van der Waals surface area contributed by atoms with E-state index in [1.165, 1.54) is 17.0 Å². The molecule has 9 heteroatoms. The molecule has 0 spiro atoms. The van der Waals surface area contributed by atoms with Crippen molar-refractivity contribution in [1.29, 1.82) is 5.26 Å². The highest BCUT2D eigenvalue weighted by atomic mass is 35.5. The smallest absolute Gasteiger partial charge is 0.311 e. The summed E-state index contributed by atoms with van der Waals surface area (Å²) in [5.74, 6) is -1.73. The van der Waals surface area contributed by atoms with Crippen LogP contribution in [0.4, 0.5) is 18.9 Å². The zero-order valence-electron chi connectivity index (χ0n) is 15.4. The van der Waals surface area contributed by atoms with Gasteiger partial charge in [0.2, 0.25) is 11.7 Å². The van der Waals surface area contributed by atoms with E-state index in [-0.39, 0.29) is 24.0 Å². The summed E-state index contributed by atoms with van der Waals surface area (Å²) in [6.07, 6.45) is -4.68. The van der Waals surface area contributed by atoms with Gasteiger partial charge in [-0.1, -0.05) is 23.7 Å². The number of hydrogen-bond donors (Lipinski definition) is 0. The molecule has 0 saturated heterocycles. The number of para-hydroxylation sites is 2. The highest BCUT2D eigenvalue weighted by Crippen LogP contribution is 2.32. The Kier molecular flexibility index (Phi) is 5.80. The Hall–Kier alpha value is -3.05. The molecule has 0 N–H and O–H groups in total. The molecule has 5 nitrogen and oxygen atoms in total. The first-order valence-corrected chi connectivity index (χ1v) is 9.06. The van der Waals surface area contributed by atoms with E-state index in [4.69, 9.17) is 16.9 Å². The number of hydrogen-bond acceptors (Lipinski definition) is 3. The number of carbonyl (C=O) groups is 1. The molecule has 0 aliphatic heterocycles. The molecule has 0 fully saturated rings. The van der Waals surface area contributed by atoms with Gasteiger partial charge in [-0.2, -0.15) is 18.4 Å². The van der Waals surface area contributed by atoms with E-state index in [0.29, 0.717) is 16.3 Å². The molecule has 0 unspecified atom stereocenters. The molecule has 0 aliphatic rings. The molecular weight excluding hydrogens is 405 g/mol. The first kappa shape index (κ1) is 20.7. The van der Waals surface area contributed by atoms with Crippen molar-refractivity contribution in [1.82, 2.24) is 9.55 Å². The quantitative estimate of drug-likeness (QED) is 0.585. The van der Waals surface area contributed by atoms with Crippen LogP contribution in [0, 0.1) is 18.3 Å². The van der Waals surface area contributed by atoms with E-state index in [0.717, 1.165) is 4.57 Å². The number of halogens is 4. The van der Waals surface area contributed by atoms with Crippen LogP contribution in [0.5, 0.6) is 0 Å². The fraction of sp³-hybridized carbons (Fsp3) is 0.250. The fourth-order valence-electron chi connectivity index (χ4n) is 3.03. The number of fused-ring (bicyclic) bond motifs is 1. The molecule has 29 heavy (non-hydrogen) atoms. The van der Waals surface area contributed by atoms with Crippen molar-refractivity contribution in [3.63, 3.8) is 0 Å². The molecule has 150 valence electrons. The summed E-state index contributed by atoms with van der Waals surface area (Å²) in [7, 11) is 0. The number of carbonyl (C=O) groups excluding carboxylic acids is 1. The summed E-state index contributed by atoms with van der Waals surface area (Å²) in [6.45, 7) is 1.23. The minimum Gasteiger partial charge on any atom is -0.311 e. The van der Waals surface area contributed by atoms with Gasteiger partial charge in [0, 0.05) is 17.3 Å². The van der Waals surface area contributed by atoms with Gasteiger partial charge in [0.1, 0.15) is 6.54 Å². The molecule has 0 saturated carbocycles. The number of alkyl halides is 3. The minimum absolute atomic E-state index is 0.0320. The molecule has 0 radical (unpaired) electrons. The number of nitriles is 1. The van der Waals surface area contributed by atoms with Gasteiger partial charge in [-0.3, -0.25) is 4.79 Å². The van der Waals surface area contributed by atoms with Crippen molar-refractivity contribution in [3.8, 4) is 6.07 Å². The van der Waals surface area contributed by atoms with E-state index >= 15 is 0 Å². The second kappa shape index (κ2) is 8.13. The monoisotopic (exact) mass is 420 g/mol. The lowest BCUT2D eigenvalue weighted by atomic mass is 10.2. The van der Waals surface area contributed by atoms with Crippen LogP contribution >= 0.6 is 11.6 Å². The van der Waals surface area contributed by atoms with Crippen molar-refractivity contribution in [2.45, 2.75) is 26.1 Å². The maximum atomic E-state index is 13.5. The summed E-state index contributed by atoms with van der Waals surface area (Å²) in [5.41, 5.74) is 1.53. The van der Waals surface area contributed by atoms with Gasteiger partial charge in [-0.15, -0.1) is 0 Å². The summed E-state index contributed by atoms with van der Waals surface area (Å²) >= 11 is 6.03. The highest BCUT2D eigenvalue weighted by molar-refractivity contribution is 6.31. The third-order valence-electron chi connectivity index (χ3n) is 4.40. The Labute approximate surface area is 169 Å². The van der Waals surface area contributed by atoms with E-state index < -0.39 is 24.5 Å². The molecule has 1 amide bonds. The lowest BCUT2D eigenvalue weighted by molar-refractivity contribution is -0.147. The number of benzene rings is 2. The Morgan fingerprint density at radius 1 is 1.28 bits per heavy atom. The second-order valence-corrected chi connectivity index (χ2v) is 6.80. The normalized spacial score (nSPS) is 11.4. The van der Waals surface area contributed by atoms with Gasteiger partial charge in [0.15, 0.2) is 0 Å². The molecule has 1 aromatic heterocycles. The van der Waals surface area contributed by atoms with Gasteiger partial charge in [0.05, 0.1) is 23.5 Å². The van der Waals surface area contributed by atoms with Crippen LogP contribution in [-0.2, 0) is 17.5 Å². The maximum absolute atomic E-state index is 13.5. The highest BCUT2D eigenvalue weighted by Gasteiger charge is 2.38. The van der Waals surface area contributed by atoms with Crippen LogP contribution in [-0.4, -0.2) is 22.0 Å². The molecule has 3 aromatic rings. The summed E-state index contributed by atoms with van der Waals surface area (Å²) in [6, 6.07) is 12.9. The SMILES string of the molecule is Cc1cc(N(CCC#N)C(=O)Cn2c(C(F)(F)F)nc3ccccc32)ccc1Cl. The van der Waals surface area contributed by atoms with Crippen molar-refractivity contribution < 1.29 is 18.0 Å². The lowest BCUT2D eigenvalue weighted by Crippen LogP contribution is -2.35. The van der Waals surface area contributed by atoms with Crippen molar-refractivity contribution in [3.05, 3.63) is 58.9 Å². The summed E-state index contributed by atoms with van der Waals surface area (Å²) in [5, 5.41) is 9.42. The lowest BCUT2D eigenvalue weighted by Gasteiger charge is -2.23. The predicted octanol–water partition coefficient (Wildman–Crippen LogP) is 4.96. The van der Waals surface area contributed by atoms with E-state index in [1.54, 1.807) is 37.3 Å². The Morgan fingerprint density at radius 2 is 2.00 bits per heavy atom. The topological polar surface area (TPSA) is 61.9 Å². The number of aryl methyl sites for hydroxylation is 1. The van der Waals surface area contributed by atoms with Crippen molar-refractivity contribution in [2.75, 3.05) is 11.4 Å². The largest absolute Gasteiger partial charge is 0.449 e. The zero-order chi connectivity index (χ0) is 21.2. The molecule has 2 aromatic carbocycles. The zero-order valence-corrected chi connectivity index (χ0v) is 16.1. The van der Waals surface area contributed by atoms with E-state index in [2.05, 4.69) is 4.98 Å². The summed E-state index contributed by atoms with van der Waals surface area (Å²) < 4.78 is 41.3. The Morgan fingerprint density at radius 3 is 2.66 bits per heavy atom. The van der Waals surface area contributed by atoms with Gasteiger partial charge >= 0.3 is 6.18 Å². The first-order chi connectivity index (χ1) is 13.7. The van der Waals surface area contributed by atoms with Crippen molar-refractivity contribution in [2.24, 2.45) is 0 Å². The number of rotatable bonds is 5. The van der Waals surface area contributed by atoms with Crippen LogP contribution in [0.15, 0.2) is 42.5 Å². The van der Waals surface area contributed by atoms with Gasteiger partial charge in [0.25, 0.3) is 0 Å². The second-order valence-electron chi connectivity index (χ2n) is 6.40. The molecule has 0 bridgehead atoms. The number of aromatic nitrogens is 2. The molecule has 0 atom stereocenters. The molecule has 1 heterocycles. The third kappa shape index (κ3) is 4.35. The average molecular weight is 421 g/mol.